The van der Waals surface area contributed by atoms with E-state index in [0.717, 1.165) is 12.3 Å². The maximum absolute atomic E-state index is 12.9. The maximum atomic E-state index is 12.9. The lowest BCUT2D eigenvalue weighted by Crippen LogP contribution is -2.36. The summed E-state index contributed by atoms with van der Waals surface area (Å²) in [4.78, 5) is 12.2. The Morgan fingerprint density at radius 3 is 2.59 bits per heavy atom. The van der Waals surface area contributed by atoms with Crippen molar-refractivity contribution in [3.05, 3.63) is 59.0 Å². The molecule has 1 amide bonds. The SMILES string of the molecule is CC(Oc1ccc(Cl)cc1)C(=O)NCc1nnc2ccc(C(F)(F)F)cn12. The zero-order chi connectivity index (χ0) is 19.6. The van der Waals surface area contributed by atoms with E-state index in [-0.39, 0.29) is 18.0 Å². The minimum Gasteiger partial charge on any atom is -0.481 e. The standard InChI is InChI=1S/C17H14ClF3N4O2/c1-10(27-13-5-3-12(18)4-6-13)16(26)22-8-15-24-23-14-7-2-11(9-25(14)15)17(19,20)21/h2-7,9-10H,8H2,1H3,(H,22,26). The van der Waals surface area contributed by atoms with Crippen molar-refractivity contribution in [2.75, 3.05) is 0 Å². The summed E-state index contributed by atoms with van der Waals surface area (Å²) in [7, 11) is 0. The monoisotopic (exact) mass is 398 g/mol. The van der Waals surface area contributed by atoms with Crippen LogP contribution in [0.25, 0.3) is 5.65 Å². The van der Waals surface area contributed by atoms with E-state index in [2.05, 4.69) is 15.5 Å². The van der Waals surface area contributed by atoms with Gasteiger partial charge in [0.2, 0.25) is 0 Å². The van der Waals surface area contributed by atoms with E-state index < -0.39 is 23.8 Å². The van der Waals surface area contributed by atoms with Gasteiger partial charge >= 0.3 is 6.18 Å². The average molecular weight is 399 g/mol. The van der Waals surface area contributed by atoms with E-state index in [1.54, 1.807) is 31.2 Å². The Balaban J connectivity index is 1.66. The molecule has 10 heteroatoms. The van der Waals surface area contributed by atoms with Gasteiger partial charge in [-0.05, 0) is 43.3 Å². The Kier molecular flexibility index (Phi) is 5.22. The van der Waals surface area contributed by atoms with Crippen molar-refractivity contribution in [2.24, 2.45) is 0 Å². The van der Waals surface area contributed by atoms with Gasteiger partial charge in [-0.2, -0.15) is 13.2 Å². The van der Waals surface area contributed by atoms with Gasteiger partial charge in [-0.3, -0.25) is 9.20 Å². The molecule has 27 heavy (non-hydrogen) atoms. The third kappa shape index (κ3) is 4.48. The Labute approximate surface area is 156 Å². The van der Waals surface area contributed by atoms with Gasteiger partial charge in [0.05, 0.1) is 12.1 Å². The molecule has 0 saturated heterocycles. The summed E-state index contributed by atoms with van der Waals surface area (Å²) in [5, 5.41) is 10.7. The lowest BCUT2D eigenvalue weighted by Gasteiger charge is -2.14. The number of alkyl halides is 3. The predicted octanol–water partition coefficient (Wildman–Crippen LogP) is 3.49. The summed E-state index contributed by atoms with van der Waals surface area (Å²) < 4.78 is 45.2. The van der Waals surface area contributed by atoms with Gasteiger partial charge in [-0.1, -0.05) is 11.6 Å². The van der Waals surface area contributed by atoms with Gasteiger partial charge in [-0.25, -0.2) is 0 Å². The van der Waals surface area contributed by atoms with E-state index in [0.29, 0.717) is 10.8 Å². The first kappa shape index (κ1) is 19.0. The van der Waals surface area contributed by atoms with Crippen LogP contribution >= 0.6 is 11.6 Å². The van der Waals surface area contributed by atoms with E-state index in [1.807, 2.05) is 0 Å². The summed E-state index contributed by atoms with van der Waals surface area (Å²) in [6, 6.07) is 8.64. The Bertz CT molecular complexity index is 957. The number of benzene rings is 1. The highest BCUT2D eigenvalue weighted by Gasteiger charge is 2.31. The smallest absolute Gasteiger partial charge is 0.417 e. The lowest BCUT2D eigenvalue weighted by molar-refractivity contribution is -0.138. The van der Waals surface area contributed by atoms with Crippen LogP contribution in [-0.4, -0.2) is 26.6 Å². The molecule has 0 aliphatic heterocycles. The first-order chi connectivity index (χ1) is 12.7. The normalized spacial score (nSPS) is 12.8. The number of carbonyl (C=O) groups is 1. The van der Waals surface area contributed by atoms with Gasteiger partial charge in [0.15, 0.2) is 17.6 Å². The number of halogens is 4. The molecule has 3 rings (SSSR count). The van der Waals surface area contributed by atoms with Crippen LogP contribution in [0.5, 0.6) is 5.75 Å². The second kappa shape index (κ2) is 7.43. The van der Waals surface area contributed by atoms with E-state index in [9.17, 15) is 18.0 Å². The maximum Gasteiger partial charge on any atom is 0.417 e. The number of rotatable bonds is 5. The van der Waals surface area contributed by atoms with E-state index in [1.165, 1.54) is 10.5 Å². The molecule has 0 fully saturated rings. The quantitative estimate of drug-likeness (QED) is 0.714. The van der Waals surface area contributed by atoms with Crippen molar-refractivity contribution in [3.63, 3.8) is 0 Å². The number of nitrogens with one attached hydrogen (secondary N) is 1. The topological polar surface area (TPSA) is 68.5 Å². The number of hydrogen-bond acceptors (Lipinski definition) is 4. The minimum absolute atomic E-state index is 0.102. The van der Waals surface area contributed by atoms with Gasteiger partial charge < -0.3 is 10.1 Å². The molecule has 1 unspecified atom stereocenters. The van der Waals surface area contributed by atoms with Crippen LogP contribution in [0, 0.1) is 0 Å². The lowest BCUT2D eigenvalue weighted by atomic mass is 10.3. The van der Waals surface area contributed by atoms with Crippen molar-refractivity contribution in [3.8, 4) is 5.75 Å². The number of carbonyl (C=O) groups excluding carboxylic acids is 1. The summed E-state index contributed by atoms with van der Waals surface area (Å²) in [5.41, 5.74) is -0.584. The van der Waals surface area contributed by atoms with Gasteiger partial charge in [0.25, 0.3) is 5.91 Å². The zero-order valence-corrected chi connectivity index (χ0v) is 14.8. The second-order valence-corrected chi connectivity index (χ2v) is 6.13. The van der Waals surface area contributed by atoms with Crippen molar-refractivity contribution in [1.29, 1.82) is 0 Å². The van der Waals surface area contributed by atoms with Crippen molar-refractivity contribution in [2.45, 2.75) is 25.7 Å². The van der Waals surface area contributed by atoms with Gasteiger partial charge in [0, 0.05) is 11.2 Å². The van der Waals surface area contributed by atoms with E-state index in [4.69, 9.17) is 16.3 Å². The third-order valence-corrected chi connectivity index (χ3v) is 3.97. The van der Waals surface area contributed by atoms with Gasteiger partial charge in [0.1, 0.15) is 5.75 Å². The molecule has 0 saturated carbocycles. The number of pyridine rings is 1. The molecule has 2 aromatic heterocycles. The Morgan fingerprint density at radius 1 is 1.22 bits per heavy atom. The number of hydrogen-bond donors (Lipinski definition) is 1. The highest BCUT2D eigenvalue weighted by Crippen LogP contribution is 2.29. The first-order valence-corrected chi connectivity index (χ1v) is 8.22. The molecule has 3 aromatic rings. The fraction of sp³-hybridized carbons (Fsp3) is 0.235. The molecule has 0 radical (unpaired) electrons. The molecule has 142 valence electrons. The van der Waals surface area contributed by atoms with Crippen LogP contribution in [0.4, 0.5) is 13.2 Å². The number of amides is 1. The van der Waals surface area contributed by atoms with Gasteiger partial charge in [-0.15, -0.1) is 10.2 Å². The van der Waals surface area contributed by atoms with Crippen molar-refractivity contribution >= 4 is 23.2 Å². The van der Waals surface area contributed by atoms with Crippen LogP contribution in [0.3, 0.4) is 0 Å². The van der Waals surface area contributed by atoms with Crippen molar-refractivity contribution < 1.29 is 22.7 Å². The molecule has 0 bridgehead atoms. The summed E-state index contributed by atoms with van der Waals surface area (Å²) in [6.07, 6.45) is -4.42. The molecule has 0 spiro atoms. The fourth-order valence-electron chi connectivity index (χ4n) is 2.31. The third-order valence-electron chi connectivity index (χ3n) is 3.72. The number of ether oxygens (including phenoxy) is 1. The fourth-order valence-corrected chi connectivity index (χ4v) is 2.43. The molecule has 2 heterocycles. The summed E-state index contributed by atoms with van der Waals surface area (Å²) in [6.45, 7) is 1.45. The predicted molar refractivity (Wildman–Crippen MR) is 91.4 cm³/mol. The second-order valence-electron chi connectivity index (χ2n) is 5.69. The molecule has 1 N–H and O–H groups in total. The number of fused-ring (bicyclic) bond motifs is 1. The molecule has 1 aromatic carbocycles. The largest absolute Gasteiger partial charge is 0.481 e. The highest BCUT2D eigenvalue weighted by molar-refractivity contribution is 6.30. The molecular formula is C17H14ClF3N4O2. The Morgan fingerprint density at radius 2 is 1.93 bits per heavy atom. The average Bonchev–Trinajstić information content (AvgIpc) is 3.03. The van der Waals surface area contributed by atoms with E-state index >= 15 is 0 Å². The summed E-state index contributed by atoms with van der Waals surface area (Å²) in [5.74, 6) is 0.182. The van der Waals surface area contributed by atoms with Crippen LogP contribution in [0.1, 0.15) is 18.3 Å². The molecular weight excluding hydrogens is 385 g/mol. The molecule has 6 nitrogen and oxygen atoms in total. The van der Waals surface area contributed by atoms with Crippen LogP contribution in [0.15, 0.2) is 42.6 Å². The molecule has 1 atom stereocenters. The van der Waals surface area contributed by atoms with Crippen LogP contribution in [0.2, 0.25) is 5.02 Å². The van der Waals surface area contributed by atoms with Crippen molar-refractivity contribution in [1.82, 2.24) is 19.9 Å². The highest BCUT2D eigenvalue weighted by atomic mass is 35.5. The summed E-state index contributed by atoms with van der Waals surface area (Å²) >= 11 is 5.78. The van der Waals surface area contributed by atoms with Crippen LogP contribution in [-0.2, 0) is 17.5 Å². The van der Waals surface area contributed by atoms with Crippen LogP contribution < -0.4 is 10.1 Å². The zero-order valence-electron chi connectivity index (χ0n) is 14.0. The molecule has 0 aliphatic carbocycles. The number of aromatic nitrogens is 3. The molecule has 0 aliphatic rings. The first-order valence-electron chi connectivity index (χ1n) is 7.85. The Hall–Kier alpha value is -2.81. The minimum atomic E-state index is -4.49. The number of nitrogens with zero attached hydrogens (tertiary/aromatic N) is 3.